The van der Waals surface area contributed by atoms with Crippen molar-refractivity contribution in [3.63, 3.8) is 0 Å². The van der Waals surface area contributed by atoms with E-state index >= 15 is 0 Å². The predicted molar refractivity (Wildman–Crippen MR) is 88.0 cm³/mol. The minimum absolute atomic E-state index is 0.100. The lowest BCUT2D eigenvalue weighted by Crippen LogP contribution is -2.27. The summed E-state index contributed by atoms with van der Waals surface area (Å²) < 4.78 is 15.4. The van der Waals surface area contributed by atoms with Crippen LogP contribution < -0.4 is 10.6 Å². The molecule has 0 spiro atoms. The average molecular weight is 334 g/mol. The molecule has 1 fully saturated rings. The molecule has 2 heterocycles. The molecule has 2 N–H and O–H groups in total. The number of carbonyl (C=O) groups excluding carboxylic acids is 1. The molecule has 23 heavy (non-hydrogen) atoms. The molecule has 1 amide bonds. The fraction of sp³-hybridized carbons (Fsp3) is 0.375. The van der Waals surface area contributed by atoms with E-state index in [0.29, 0.717) is 12.1 Å². The van der Waals surface area contributed by atoms with E-state index in [1.807, 2.05) is 17.8 Å². The number of nitrogens with one attached hydrogen (secondary N) is 2. The molecule has 3 rings (SSSR count). The van der Waals surface area contributed by atoms with Crippen molar-refractivity contribution >= 4 is 23.4 Å². The number of imidazole rings is 1. The maximum absolute atomic E-state index is 13.6. The lowest BCUT2D eigenvalue weighted by molar-refractivity contribution is -0.116. The molecule has 0 bridgehead atoms. The fourth-order valence-electron chi connectivity index (χ4n) is 2.59. The number of hydrogen-bond donors (Lipinski definition) is 2. The zero-order chi connectivity index (χ0) is 16.2. The smallest absolute Gasteiger partial charge is 0.225 e. The summed E-state index contributed by atoms with van der Waals surface area (Å²) in [6, 6.07) is 4.62. The number of anilines is 1. The lowest BCUT2D eigenvalue weighted by Gasteiger charge is -2.13. The van der Waals surface area contributed by atoms with Crippen LogP contribution in [-0.2, 0) is 11.8 Å². The van der Waals surface area contributed by atoms with Gasteiger partial charge in [0.2, 0.25) is 5.91 Å². The first-order valence-corrected chi connectivity index (χ1v) is 8.41. The van der Waals surface area contributed by atoms with Crippen LogP contribution in [0.4, 0.5) is 10.1 Å². The molecule has 7 heteroatoms. The summed E-state index contributed by atoms with van der Waals surface area (Å²) in [5.74, 6) is -0.472. The lowest BCUT2D eigenvalue weighted by atomic mass is 10.1. The Kier molecular flexibility index (Phi) is 4.97. The zero-order valence-electron chi connectivity index (χ0n) is 12.9. The highest BCUT2D eigenvalue weighted by atomic mass is 32.2. The fourth-order valence-corrected chi connectivity index (χ4v) is 3.46. The van der Waals surface area contributed by atoms with Gasteiger partial charge in [-0.2, -0.15) is 0 Å². The van der Waals surface area contributed by atoms with Gasteiger partial charge in [-0.25, -0.2) is 9.37 Å². The van der Waals surface area contributed by atoms with Crippen LogP contribution in [-0.4, -0.2) is 28.0 Å². The summed E-state index contributed by atoms with van der Waals surface area (Å²) in [6.45, 7) is 0.957. The van der Waals surface area contributed by atoms with Gasteiger partial charge in [-0.05, 0) is 49.3 Å². The topological polar surface area (TPSA) is 59.0 Å². The van der Waals surface area contributed by atoms with Crippen molar-refractivity contribution in [3.8, 4) is 0 Å². The van der Waals surface area contributed by atoms with Crippen LogP contribution in [0, 0.1) is 5.82 Å². The number of nitrogens with zero attached hydrogens (tertiary/aromatic N) is 2. The number of aromatic nitrogens is 2. The van der Waals surface area contributed by atoms with Crippen LogP contribution in [0.15, 0.2) is 40.6 Å². The maximum Gasteiger partial charge on any atom is 0.225 e. The van der Waals surface area contributed by atoms with Gasteiger partial charge in [0.15, 0.2) is 5.16 Å². The van der Waals surface area contributed by atoms with Gasteiger partial charge in [-0.1, -0.05) is 0 Å². The molecule has 1 aliphatic heterocycles. The third-order valence-electron chi connectivity index (χ3n) is 3.79. The van der Waals surface area contributed by atoms with Crippen molar-refractivity contribution in [2.75, 3.05) is 11.9 Å². The molecule has 1 saturated heterocycles. The van der Waals surface area contributed by atoms with Crippen LogP contribution in [0.25, 0.3) is 0 Å². The Balaban J connectivity index is 1.73. The van der Waals surface area contributed by atoms with Crippen LogP contribution >= 0.6 is 11.8 Å². The van der Waals surface area contributed by atoms with Crippen LogP contribution in [0.2, 0.25) is 0 Å². The van der Waals surface area contributed by atoms with Crippen molar-refractivity contribution in [1.82, 2.24) is 14.9 Å². The highest BCUT2D eigenvalue weighted by Gasteiger charge is 2.19. The number of benzene rings is 1. The van der Waals surface area contributed by atoms with Crippen molar-refractivity contribution in [1.29, 1.82) is 0 Å². The average Bonchev–Trinajstić information content (AvgIpc) is 3.14. The SMILES string of the molecule is Cn1ccnc1Sc1ccc(F)cc1NC(=O)CC1CCCN1. The quantitative estimate of drug-likeness (QED) is 0.883. The van der Waals surface area contributed by atoms with E-state index < -0.39 is 0 Å². The van der Waals surface area contributed by atoms with Crippen molar-refractivity contribution < 1.29 is 9.18 Å². The Labute approximate surface area is 138 Å². The van der Waals surface area contributed by atoms with Crippen molar-refractivity contribution in [2.24, 2.45) is 7.05 Å². The van der Waals surface area contributed by atoms with Crippen molar-refractivity contribution in [2.45, 2.75) is 35.4 Å². The van der Waals surface area contributed by atoms with Crippen LogP contribution in [0.1, 0.15) is 19.3 Å². The van der Waals surface area contributed by atoms with E-state index in [9.17, 15) is 9.18 Å². The molecule has 0 saturated carbocycles. The van der Waals surface area contributed by atoms with E-state index in [4.69, 9.17) is 0 Å². The van der Waals surface area contributed by atoms with Crippen molar-refractivity contribution in [3.05, 3.63) is 36.4 Å². The molecule has 1 aromatic carbocycles. The number of hydrogen-bond acceptors (Lipinski definition) is 4. The molecule has 1 aromatic heterocycles. The van der Waals surface area contributed by atoms with Gasteiger partial charge in [0.25, 0.3) is 0 Å². The molecule has 0 aliphatic carbocycles. The Hall–Kier alpha value is -1.86. The van der Waals surface area contributed by atoms with Gasteiger partial charge >= 0.3 is 0 Å². The Morgan fingerprint density at radius 1 is 1.57 bits per heavy atom. The molecule has 1 aliphatic rings. The highest BCUT2D eigenvalue weighted by molar-refractivity contribution is 7.99. The largest absolute Gasteiger partial charge is 0.329 e. The van der Waals surface area contributed by atoms with Gasteiger partial charge < -0.3 is 15.2 Å². The first-order chi connectivity index (χ1) is 11.1. The van der Waals surface area contributed by atoms with E-state index in [2.05, 4.69) is 15.6 Å². The molecule has 2 aromatic rings. The minimum atomic E-state index is -0.372. The molecule has 5 nitrogen and oxygen atoms in total. The predicted octanol–water partition coefficient (Wildman–Crippen LogP) is 2.79. The van der Waals surface area contributed by atoms with Gasteiger partial charge in [-0.3, -0.25) is 4.79 Å². The number of aryl methyl sites for hydroxylation is 1. The summed E-state index contributed by atoms with van der Waals surface area (Å²) >= 11 is 1.40. The second kappa shape index (κ2) is 7.14. The van der Waals surface area contributed by atoms with Crippen LogP contribution in [0.3, 0.4) is 0 Å². The second-order valence-corrected chi connectivity index (χ2v) is 6.62. The van der Waals surface area contributed by atoms with Crippen LogP contribution in [0.5, 0.6) is 0 Å². The second-order valence-electron chi connectivity index (χ2n) is 5.61. The normalized spacial score (nSPS) is 17.4. The Morgan fingerprint density at radius 3 is 3.13 bits per heavy atom. The van der Waals surface area contributed by atoms with Gasteiger partial charge in [-0.15, -0.1) is 0 Å². The summed E-state index contributed by atoms with van der Waals surface area (Å²) in [4.78, 5) is 17.2. The summed E-state index contributed by atoms with van der Waals surface area (Å²) in [7, 11) is 1.89. The Bertz CT molecular complexity index is 697. The molecular formula is C16H19FN4OS. The molecule has 1 atom stereocenters. The van der Waals surface area contributed by atoms with E-state index in [1.54, 1.807) is 12.3 Å². The van der Waals surface area contributed by atoms with Gasteiger partial charge in [0, 0.05) is 36.8 Å². The zero-order valence-corrected chi connectivity index (χ0v) is 13.7. The first-order valence-electron chi connectivity index (χ1n) is 7.60. The molecule has 1 unspecified atom stereocenters. The van der Waals surface area contributed by atoms with Gasteiger partial charge in [0.1, 0.15) is 5.82 Å². The number of rotatable bonds is 5. The monoisotopic (exact) mass is 334 g/mol. The first kappa shape index (κ1) is 16.0. The third-order valence-corrected chi connectivity index (χ3v) is 4.94. The Morgan fingerprint density at radius 2 is 2.43 bits per heavy atom. The minimum Gasteiger partial charge on any atom is -0.329 e. The molecular weight excluding hydrogens is 315 g/mol. The summed E-state index contributed by atoms with van der Waals surface area (Å²) in [6.07, 6.45) is 6.05. The highest BCUT2D eigenvalue weighted by Crippen LogP contribution is 2.33. The summed E-state index contributed by atoms with van der Waals surface area (Å²) in [5.41, 5.74) is 0.487. The van der Waals surface area contributed by atoms with Gasteiger partial charge in [0.05, 0.1) is 5.69 Å². The molecule has 0 radical (unpaired) electrons. The van der Waals surface area contributed by atoms with E-state index in [-0.39, 0.29) is 17.8 Å². The number of amides is 1. The number of carbonyl (C=O) groups is 1. The maximum atomic E-state index is 13.6. The standard InChI is InChI=1S/C16H19FN4OS/c1-21-8-7-19-16(21)23-14-5-4-11(17)9-13(14)20-15(22)10-12-3-2-6-18-12/h4-5,7-9,12,18H,2-3,6,10H2,1H3,(H,20,22). The van der Waals surface area contributed by atoms with E-state index in [0.717, 1.165) is 29.4 Å². The third kappa shape index (κ3) is 4.11. The molecule has 122 valence electrons. The number of halogens is 1. The summed E-state index contributed by atoms with van der Waals surface area (Å²) in [5, 5.41) is 6.90. The van der Waals surface area contributed by atoms with E-state index in [1.165, 1.54) is 23.9 Å².